The molecule has 3 N–H and O–H groups in total. The van der Waals surface area contributed by atoms with Gasteiger partial charge >= 0.3 is 0 Å². The van der Waals surface area contributed by atoms with Crippen molar-refractivity contribution < 1.29 is 33.3 Å². The monoisotopic (exact) mass is 631 g/mol. The van der Waals surface area contributed by atoms with Crippen molar-refractivity contribution in [1.82, 2.24) is 10.6 Å². The second-order valence-electron chi connectivity index (χ2n) is 11.5. The number of benzene rings is 2. The highest BCUT2D eigenvalue weighted by Crippen LogP contribution is 2.50. The Morgan fingerprint density at radius 1 is 0.739 bits per heavy atom. The van der Waals surface area contributed by atoms with Gasteiger partial charge in [-0.05, 0) is 90.8 Å². The van der Waals surface area contributed by atoms with Gasteiger partial charge in [0.15, 0.2) is 23.0 Å². The first kappa shape index (κ1) is 32.5. The van der Waals surface area contributed by atoms with Crippen LogP contribution in [0.25, 0.3) is 11.1 Å². The van der Waals surface area contributed by atoms with E-state index >= 15 is 0 Å². The third-order valence-corrected chi connectivity index (χ3v) is 8.72. The molecule has 0 radical (unpaired) electrons. The van der Waals surface area contributed by atoms with Crippen LogP contribution < -0.4 is 45.1 Å². The third-order valence-electron chi connectivity index (χ3n) is 8.72. The lowest BCUT2D eigenvalue weighted by Crippen LogP contribution is -2.39. The molecule has 0 saturated heterocycles. The molecule has 0 fully saturated rings. The van der Waals surface area contributed by atoms with Gasteiger partial charge in [-0.3, -0.25) is 14.4 Å². The molecular weight excluding hydrogens is 590 g/mol. The van der Waals surface area contributed by atoms with Crippen molar-refractivity contribution in [3.05, 3.63) is 68.9 Å². The van der Waals surface area contributed by atoms with Crippen molar-refractivity contribution in [3.8, 4) is 39.9 Å². The normalized spacial score (nSPS) is 16.8. The van der Waals surface area contributed by atoms with Gasteiger partial charge in [0.25, 0.3) is 0 Å². The third kappa shape index (κ3) is 6.14. The minimum atomic E-state index is -0.726. The highest BCUT2D eigenvalue weighted by Gasteiger charge is 2.31. The predicted octanol–water partition coefficient (Wildman–Crippen LogP) is 4.48. The summed E-state index contributed by atoms with van der Waals surface area (Å²) in [7, 11) is 7.84. The lowest BCUT2D eigenvalue weighted by Gasteiger charge is -2.20. The minimum Gasteiger partial charge on any atom is -0.493 e. The van der Waals surface area contributed by atoms with Crippen LogP contribution in [0.3, 0.4) is 0 Å². The summed E-state index contributed by atoms with van der Waals surface area (Å²) in [4.78, 5) is 39.4. The van der Waals surface area contributed by atoms with Gasteiger partial charge in [0.1, 0.15) is 6.04 Å². The Balaban J connectivity index is 1.49. The van der Waals surface area contributed by atoms with Gasteiger partial charge < -0.3 is 39.6 Å². The fourth-order valence-electron chi connectivity index (χ4n) is 6.51. The summed E-state index contributed by atoms with van der Waals surface area (Å²) in [5.41, 5.74) is 5.04. The molecule has 2 aliphatic carbocycles. The van der Waals surface area contributed by atoms with E-state index in [1.54, 1.807) is 41.4 Å². The van der Waals surface area contributed by atoms with E-state index in [0.29, 0.717) is 52.7 Å². The van der Waals surface area contributed by atoms with Crippen molar-refractivity contribution in [2.75, 3.05) is 40.9 Å². The Labute approximate surface area is 268 Å². The molecule has 11 nitrogen and oxygen atoms in total. The zero-order valence-corrected chi connectivity index (χ0v) is 27.3. The van der Waals surface area contributed by atoms with Crippen LogP contribution in [0.2, 0.25) is 0 Å². The number of carbonyl (C=O) groups excluding carboxylic acids is 2. The Bertz CT molecular complexity index is 1720. The maximum Gasteiger partial charge on any atom is 0.242 e. The highest BCUT2D eigenvalue weighted by molar-refractivity contribution is 5.86. The molecule has 0 heterocycles. The fraction of sp³-hybridized carbons (Fsp3) is 0.400. The Hall–Kier alpha value is -4.93. The van der Waals surface area contributed by atoms with Crippen LogP contribution in [0, 0.1) is 0 Å². The van der Waals surface area contributed by atoms with E-state index in [4.69, 9.17) is 23.7 Å². The molecule has 3 aromatic rings. The molecule has 0 unspecified atom stereocenters. The zero-order valence-electron chi connectivity index (χ0n) is 27.3. The lowest BCUT2D eigenvalue weighted by molar-refractivity contribution is -0.122. The van der Waals surface area contributed by atoms with Gasteiger partial charge in [0.05, 0.1) is 53.3 Å². The average molecular weight is 632 g/mol. The minimum absolute atomic E-state index is 0.199. The molecule has 2 amide bonds. The van der Waals surface area contributed by atoms with E-state index in [1.807, 2.05) is 24.3 Å². The first-order chi connectivity index (χ1) is 22.1. The number of carbonyl (C=O) groups is 2. The van der Waals surface area contributed by atoms with Gasteiger partial charge in [-0.15, -0.1) is 0 Å². The van der Waals surface area contributed by atoms with Crippen LogP contribution in [0.5, 0.6) is 28.7 Å². The standard InChI is InChI=1S/C35H41N3O8/c1-18(35(41)38-25-11-8-20-14-29(42-3)30(43-4)17-23(20)25)36-27-13-10-22-24(16-28(27)40)26(37-19(2)39)12-9-21-15-31(44-5)33(45-6)34(46-7)32(21)22/h10,13-18,25-26H,8-9,11-12H2,1-7H3,(H,36,40)(H,37,39)(H,38,41)/t18-,25+,26-/m0/s1. The van der Waals surface area contributed by atoms with Crippen LogP contribution in [0.15, 0.2) is 41.2 Å². The van der Waals surface area contributed by atoms with Crippen molar-refractivity contribution in [3.63, 3.8) is 0 Å². The van der Waals surface area contributed by atoms with Crippen LogP contribution in [-0.2, 0) is 22.4 Å². The number of amides is 2. The first-order valence-corrected chi connectivity index (χ1v) is 15.2. The van der Waals surface area contributed by atoms with Gasteiger partial charge in [0, 0.05) is 12.5 Å². The SMILES string of the molecule is COc1cc2c(cc1OC)[C@H](NC(=O)[C@H](C)Nc1ccc3c(cc1=O)[C@@H](NC(C)=O)CCc1cc(OC)c(OC)c(OC)c1-3)CC2. The molecule has 3 aromatic carbocycles. The molecule has 46 heavy (non-hydrogen) atoms. The Morgan fingerprint density at radius 3 is 1.98 bits per heavy atom. The largest absolute Gasteiger partial charge is 0.493 e. The van der Waals surface area contributed by atoms with Crippen LogP contribution in [-0.4, -0.2) is 53.4 Å². The number of aryl methyl sites for hydroxylation is 2. The maximum atomic E-state index is 13.7. The van der Waals surface area contributed by atoms with Crippen LogP contribution in [0.4, 0.5) is 5.69 Å². The quantitative estimate of drug-likeness (QED) is 0.296. The molecule has 2 aliphatic rings. The van der Waals surface area contributed by atoms with E-state index in [-0.39, 0.29) is 29.0 Å². The zero-order chi connectivity index (χ0) is 33.1. The summed E-state index contributed by atoms with van der Waals surface area (Å²) in [5.74, 6) is 2.21. The van der Waals surface area contributed by atoms with E-state index < -0.39 is 12.1 Å². The van der Waals surface area contributed by atoms with Gasteiger partial charge in [-0.2, -0.15) is 0 Å². The molecule has 0 aliphatic heterocycles. The number of nitrogens with one attached hydrogen (secondary N) is 3. The van der Waals surface area contributed by atoms with Crippen molar-refractivity contribution in [1.29, 1.82) is 0 Å². The lowest BCUT2D eigenvalue weighted by atomic mass is 9.95. The summed E-state index contributed by atoms with van der Waals surface area (Å²) in [6.07, 6.45) is 2.67. The maximum absolute atomic E-state index is 13.7. The smallest absolute Gasteiger partial charge is 0.242 e. The van der Waals surface area contributed by atoms with Crippen molar-refractivity contribution in [2.24, 2.45) is 0 Å². The summed E-state index contributed by atoms with van der Waals surface area (Å²) in [5, 5.41) is 9.26. The van der Waals surface area contributed by atoms with Crippen LogP contribution >= 0.6 is 0 Å². The van der Waals surface area contributed by atoms with Gasteiger partial charge in [0.2, 0.25) is 23.0 Å². The molecule has 5 rings (SSSR count). The number of ether oxygens (including phenoxy) is 5. The summed E-state index contributed by atoms with van der Waals surface area (Å²) in [6.45, 7) is 3.17. The number of fused-ring (bicyclic) bond motifs is 4. The van der Waals surface area contributed by atoms with Crippen LogP contribution in [0.1, 0.15) is 61.0 Å². The molecule has 11 heteroatoms. The topological polar surface area (TPSA) is 133 Å². The second-order valence-corrected chi connectivity index (χ2v) is 11.5. The van der Waals surface area contributed by atoms with E-state index in [2.05, 4.69) is 16.0 Å². The number of methoxy groups -OCH3 is 5. The Kier molecular flexibility index (Phi) is 9.60. The predicted molar refractivity (Wildman–Crippen MR) is 175 cm³/mol. The summed E-state index contributed by atoms with van der Waals surface area (Å²) < 4.78 is 28.0. The number of hydrogen-bond acceptors (Lipinski definition) is 9. The Morgan fingerprint density at radius 2 is 1.35 bits per heavy atom. The van der Waals surface area contributed by atoms with Crippen molar-refractivity contribution in [2.45, 2.75) is 57.7 Å². The van der Waals surface area contributed by atoms with Gasteiger partial charge in [-0.25, -0.2) is 0 Å². The first-order valence-electron chi connectivity index (χ1n) is 15.2. The van der Waals surface area contributed by atoms with Crippen molar-refractivity contribution >= 4 is 17.5 Å². The van der Waals surface area contributed by atoms with Gasteiger partial charge in [-0.1, -0.05) is 6.07 Å². The number of anilines is 1. The summed E-state index contributed by atoms with van der Waals surface area (Å²) in [6, 6.07) is 9.42. The highest BCUT2D eigenvalue weighted by atomic mass is 16.5. The number of rotatable bonds is 10. The second kappa shape index (κ2) is 13.6. The van der Waals surface area contributed by atoms with E-state index in [9.17, 15) is 14.4 Å². The van der Waals surface area contributed by atoms with E-state index in [1.165, 1.54) is 20.1 Å². The molecule has 0 aromatic heterocycles. The molecule has 0 spiro atoms. The summed E-state index contributed by atoms with van der Waals surface area (Å²) >= 11 is 0. The van der Waals surface area contributed by atoms with E-state index in [0.717, 1.165) is 35.1 Å². The average Bonchev–Trinajstić information content (AvgIpc) is 3.28. The number of hydrogen-bond donors (Lipinski definition) is 3. The molecule has 0 saturated carbocycles. The molecule has 0 bridgehead atoms. The fourth-order valence-corrected chi connectivity index (χ4v) is 6.51. The molecular formula is C35H41N3O8. The molecule has 244 valence electrons. The molecule has 3 atom stereocenters.